The standard InChI is InChI=1S/C9H20N2O2/c10-9(8-13)4-3-6-11-5-1-2-7-12/h8-9,11-12H,1-7,10H2/t9-/m0/s1. The molecule has 0 saturated carbocycles. The molecule has 0 aliphatic heterocycles. The second-order valence-corrected chi connectivity index (χ2v) is 3.12. The van der Waals surface area contributed by atoms with Gasteiger partial charge in [-0.1, -0.05) is 0 Å². The van der Waals surface area contributed by atoms with Gasteiger partial charge in [0.25, 0.3) is 0 Å². The van der Waals surface area contributed by atoms with E-state index >= 15 is 0 Å². The highest BCUT2D eigenvalue weighted by molar-refractivity contribution is 5.56. The van der Waals surface area contributed by atoms with E-state index in [0.29, 0.717) is 0 Å². The summed E-state index contributed by atoms with van der Waals surface area (Å²) in [7, 11) is 0. The summed E-state index contributed by atoms with van der Waals surface area (Å²) in [5.74, 6) is 0. The van der Waals surface area contributed by atoms with Gasteiger partial charge in [0, 0.05) is 6.61 Å². The smallest absolute Gasteiger partial charge is 0.136 e. The molecule has 4 N–H and O–H groups in total. The van der Waals surface area contributed by atoms with Crippen LogP contribution in [-0.2, 0) is 4.79 Å². The van der Waals surface area contributed by atoms with Gasteiger partial charge < -0.3 is 21.0 Å². The van der Waals surface area contributed by atoms with E-state index in [4.69, 9.17) is 10.8 Å². The van der Waals surface area contributed by atoms with Crippen molar-refractivity contribution in [2.45, 2.75) is 31.7 Å². The maximum Gasteiger partial charge on any atom is 0.136 e. The van der Waals surface area contributed by atoms with Crippen molar-refractivity contribution in [1.82, 2.24) is 5.32 Å². The van der Waals surface area contributed by atoms with E-state index in [-0.39, 0.29) is 12.6 Å². The van der Waals surface area contributed by atoms with Gasteiger partial charge in [0.15, 0.2) is 0 Å². The molecule has 78 valence electrons. The van der Waals surface area contributed by atoms with Gasteiger partial charge in [-0.25, -0.2) is 0 Å². The monoisotopic (exact) mass is 188 g/mol. The summed E-state index contributed by atoms with van der Waals surface area (Å²) in [6, 6.07) is -0.306. The Hall–Kier alpha value is -0.450. The second-order valence-electron chi connectivity index (χ2n) is 3.12. The molecule has 0 spiro atoms. The Labute approximate surface area is 79.5 Å². The van der Waals surface area contributed by atoms with Crippen LogP contribution in [-0.4, -0.2) is 37.1 Å². The summed E-state index contributed by atoms with van der Waals surface area (Å²) >= 11 is 0. The molecule has 0 unspecified atom stereocenters. The Morgan fingerprint density at radius 1 is 1.31 bits per heavy atom. The predicted octanol–water partition coefficient (Wildman–Crippen LogP) is -0.345. The van der Waals surface area contributed by atoms with Crippen molar-refractivity contribution >= 4 is 6.29 Å². The predicted molar refractivity (Wildman–Crippen MR) is 52.5 cm³/mol. The van der Waals surface area contributed by atoms with Crippen molar-refractivity contribution in [2.75, 3.05) is 19.7 Å². The molecule has 0 rings (SSSR count). The van der Waals surface area contributed by atoms with Crippen LogP contribution in [0.15, 0.2) is 0 Å². The molecule has 0 aliphatic carbocycles. The molecule has 0 amide bonds. The largest absolute Gasteiger partial charge is 0.396 e. The van der Waals surface area contributed by atoms with Crippen LogP contribution in [0.5, 0.6) is 0 Å². The van der Waals surface area contributed by atoms with Gasteiger partial charge in [-0.2, -0.15) is 0 Å². The lowest BCUT2D eigenvalue weighted by atomic mass is 10.2. The van der Waals surface area contributed by atoms with Gasteiger partial charge in [0.2, 0.25) is 0 Å². The molecule has 4 heteroatoms. The van der Waals surface area contributed by atoms with Crippen LogP contribution < -0.4 is 11.1 Å². The minimum atomic E-state index is -0.306. The molecule has 0 radical (unpaired) electrons. The lowest BCUT2D eigenvalue weighted by Gasteiger charge is -2.05. The second kappa shape index (κ2) is 9.64. The Balaban J connectivity index is 2.95. The molecule has 0 aromatic rings. The summed E-state index contributed by atoms with van der Waals surface area (Å²) in [6.45, 7) is 2.08. The number of rotatable bonds is 9. The molecule has 0 aromatic heterocycles. The quantitative estimate of drug-likeness (QED) is 0.342. The van der Waals surface area contributed by atoms with Gasteiger partial charge in [-0.3, -0.25) is 0 Å². The Morgan fingerprint density at radius 2 is 2.00 bits per heavy atom. The Bertz CT molecular complexity index is 120. The number of carbonyl (C=O) groups excluding carboxylic acids is 1. The normalized spacial score (nSPS) is 12.8. The number of hydrogen-bond acceptors (Lipinski definition) is 4. The summed E-state index contributed by atoms with van der Waals surface area (Å²) in [5, 5.41) is 11.7. The number of nitrogens with one attached hydrogen (secondary N) is 1. The third-order valence-corrected chi connectivity index (χ3v) is 1.83. The number of hydrogen-bond donors (Lipinski definition) is 3. The van der Waals surface area contributed by atoms with Gasteiger partial charge in [-0.05, 0) is 38.8 Å². The van der Waals surface area contributed by atoms with E-state index in [1.165, 1.54) is 0 Å². The zero-order chi connectivity index (χ0) is 9.94. The summed E-state index contributed by atoms with van der Waals surface area (Å²) in [5.41, 5.74) is 5.41. The topological polar surface area (TPSA) is 75.4 Å². The van der Waals surface area contributed by atoms with Crippen molar-refractivity contribution in [3.63, 3.8) is 0 Å². The van der Waals surface area contributed by atoms with E-state index in [1.54, 1.807) is 0 Å². The molecule has 4 nitrogen and oxygen atoms in total. The lowest BCUT2D eigenvalue weighted by Crippen LogP contribution is -2.24. The van der Waals surface area contributed by atoms with Crippen molar-refractivity contribution < 1.29 is 9.90 Å². The average molecular weight is 188 g/mol. The zero-order valence-corrected chi connectivity index (χ0v) is 8.04. The molecular weight excluding hydrogens is 168 g/mol. The third kappa shape index (κ3) is 9.46. The first-order chi connectivity index (χ1) is 6.31. The van der Waals surface area contributed by atoms with E-state index in [1.807, 2.05) is 0 Å². The molecule has 0 bridgehead atoms. The van der Waals surface area contributed by atoms with Gasteiger partial charge >= 0.3 is 0 Å². The molecular formula is C9H20N2O2. The average Bonchev–Trinajstić information content (AvgIpc) is 2.16. The van der Waals surface area contributed by atoms with Gasteiger partial charge in [0.05, 0.1) is 6.04 Å². The molecule has 0 aromatic carbocycles. The highest BCUT2D eigenvalue weighted by Crippen LogP contribution is 1.90. The molecule has 0 saturated heterocycles. The molecule has 0 heterocycles. The zero-order valence-electron chi connectivity index (χ0n) is 8.04. The number of unbranched alkanes of at least 4 members (excludes halogenated alkanes) is 1. The van der Waals surface area contributed by atoms with Gasteiger partial charge in [-0.15, -0.1) is 0 Å². The van der Waals surface area contributed by atoms with Crippen LogP contribution in [0.25, 0.3) is 0 Å². The highest BCUT2D eigenvalue weighted by atomic mass is 16.2. The van der Waals surface area contributed by atoms with Crippen LogP contribution in [0, 0.1) is 0 Å². The Kier molecular flexibility index (Phi) is 9.30. The SMILES string of the molecule is N[C@H](C=O)CCCNCCCCO. The molecule has 1 atom stereocenters. The minimum absolute atomic E-state index is 0.262. The maximum atomic E-state index is 10.1. The number of aliphatic hydroxyl groups is 1. The minimum Gasteiger partial charge on any atom is -0.396 e. The maximum absolute atomic E-state index is 10.1. The molecule has 0 fully saturated rings. The van der Waals surface area contributed by atoms with Crippen LogP contribution in [0.4, 0.5) is 0 Å². The molecule has 0 aliphatic rings. The Morgan fingerprint density at radius 3 is 2.62 bits per heavy atom. The lowest BCUT2D eigenvalue weighted by molar-refractivity contribution is -0.109. The first-order valence-electron chi connectivity index (χ1n) is 4.83. The number of aldehydes is 1. The number of nitrogens with two attached hydrogens (primary N) is 1. The van der Waals surface area contributed by atoms with Crippen molar-refractivity contribution in [1.29, 1.82) is 0 Å². The van der Waals surface area contributed by atoms with Crippen LogP contribution >= 0.6 is 0 Å². The summed E-state index contributed by atoms with van der Waals surface area (Å²) < 4.78 is 0. The fourth-order valence-corrected chi connectivity index (χ4v) is 1.02. The summed E-state index contributed by atoms with van der Waals surface area (Å²) in [4.78, 5) is 10.1. The summed E-state index contributed by atoms with van der Waals surface area (Å²) in [6.07, 6.45) is 4.30. The van der Waals surface area contributed by atoms with Crippen LogP contribution in [0.3, 0.4) is 0 Å². The fraction of sp³-hybridized carbons (Fsp3) is 0.889. The van der Waals surface area contributed by atoms with E-state index in [9.17, 15) is 4.79 Å². The van der Waals surface area contributed by atoms with Crippen LogP contribution in [0.2, 0.25) is 0 Å². The third-order valence-electron chi connectivity index (χ3n) is 1.83. The van der Waals surface area contributed by atoms with Crippen molar-refractivity contribution in [3.8, 4) is 0 Å². The van der Waals surface area contributed by atoms with Gasteiger partial charge in [0.1, 0.15) is 6.29 Å². The van der Waals surface area contributed by atoms with E-state index in [0.717, 1.165) is 45.1 Å². The first-order valence-corrected chi connectivity index (χ1v) is 4.83. The number of aliphatic hydroxyl groups excluding tert-OH is 1. The van der Waals surface area contributed by atoms with E-state index in [2.05, 4.69) is 5.32 Å². The van der Waals surface area contributed by atoms with Crippen molar-refractivity contribution in [3.05, 3.63) is 0 Å². The van der Waals surface area contributed by atoms with E-state index < -0.39 is 0 Å². The fourth-order valence-electron chi connectivity index (χ4n) is 1.02. The highest BCUT2D eigenvalue weighted by Gasteiger charge is 1.97. The first kappa shape index (κ1) is 12.6. The van der Waals surface area contributed by atoms with Crippen molar-refractivity contribution in [2.24, 2.45) is 5.73 Å². The van der Waals surface area contributed by atoms with Crippen LogP contribution in [0.1, 0.15) is 25.7 Å². The molecule has 13 heavy (non-hydrogen) atoms. The number of carbonyl (C=O) groups is 1.